The van der Waals surface area contributed by atoms with Crippen LogP contribution in [-0.4, -0.2) is 39.6 Å². The molecular formula is C19H24N4O5. The quantitative estimate of drug-likeness (QED) is 0.766. The molecule has 0 saturated carbocycles. The van der Waals surface area contributed by atoms with Crippen LogP contribution in [0.3, 0.4) is 0 Å². The van der Waals surface area contributed by atoms with E-state index in [1.54, 1.807) is 44.4 Å². The second-order valence-corrected chi connectivity index (χ2v) is 7.31. The standard InChI is InChI=1S/C19H24N4O5/c1-6-23-9-13(15(25)12-8-7-11(2)20-16(12)23)17(26)28-10-14(24)21-18(27)22-19(3,4)5/h7-9H,6,10H2,1-5H3,(H2,21,22,24,27). The van der Waals surface area contributed by atoms with Gasteiger partial charge in [0.2, 0.25) is 5.43 Å². The number of hydrogen-bond donors (Lipinski definition) is 2. The molecule has 2 N–H and O–H groups in total. The van der Waals surface area contributed by atoms with E-state index in [0.29, 0.717) is 12.2 Å². The Bertz CT molecular complexity index is 988. The summed E-state index contributed by atoms with van der Waals surface area (Å²) in [5, 5.41) is 4.89. The van der Waals surface area contributed by atoms with E-state index in [4.69, 9.17) is 4.74 Å². The predicted molar refractivity (Wildman–Crippen MR) is 103 cm³/mol. The molecule has 0 aromatic carbocycles. The van der Waals surface area contributed by atoms with E-state index in [1.807, 2.05) is 6.92 Å². The van der Waals surface area contributed by atoms with Gasteiger partial charge in [-0.1, -0.05) is 0 Å². The minimum absolute atomic E-state index is 0.202. The second-order valence-electron chi connectivity index (χ2n) is 7.31. The molecule has 2 aromatic heterocycles. The number of imide groups is 1. The zero-order valence-corrected chi connectivity index (χ0v) is 16.6. The molecule has 0 unspecified atom stereocenters. The number of esters is 1. The molecule has 150 valence electrons. The van der Waals surface area contributed by atoms with Gasteiger partial charge in [0.15, 0.2) is 6.61 Å². The van der Waals surface area contributed by atoms with Gasteiger partial charge in [-0.3, -0.25) is 14.9 Å². The fourth-order valence-electron chi connectivity index (χ4n) is 2.49. The highest BCUT2D eigenvalue weighted by molar-refractivity contribution is 5.98. The van der Waals surface area contributed by atoms with Crippen molar-refractivity contribution in [3.63, 3.8) is 0 Å². The number of nitrogens with zero attached hydrogens (tertiary/aromatic N) is 2. The van der Waals surface area contributed by atoms with Gasteiger partial charge in [-0.15, -0.1) is 0 Å². The summed E-state index contributed by atoms with van der Waals surface area (Å²) in [6.07, 6.45) is 1.36. The van der Waals surface area contributed by atoms with Crippen LogP contribution in [0.1, 0.15) is 43.7 Å². The van der Waals surface area contributed by atoms with Crippen LogP contribution in [0.4, 0.5) is 4.79 Å². The SMILES string of the molecule is CCn1cc(C(=O)OCC(=O)NC(=O)NC(C)(C)C)c(=O)c2ccc(C)nc21. The third-order valence-corrected chi connectivity index (χ3v) is 3.70. The van der Waals surface area contributed by atoms with Gasteiger partial charge in [0, 0.05) is 24.0 Å². The minimum Gasteiger partial charge on any atom is -0.452 e. The minimum atomic E-state index is -0.943. The van der Waals surface area contributed by atoms with Gasteiger partial charge < -0.3 is 14.6 Å². The van der Waals surface area contributed by atoms with Crippen molar-refractivity contribution >= 4 is 28.9 Å². The Morgan fingerprint density at radius 1 is 1.21 bits per heavy atom. The highest BCUT2D eigenvalue weighted by atomic mass is 16.5. The Morgan fingerprint density at radius 3 is 2.50 bits per heavy atom. The Morgan fingerprint density at radius 2 is 1.89 bits per heavy atom. The van der Waals surface area contributed by atoms with E-state index in [9.17, 15) is 19.2 Å². The molecule has 2 heterocycles. The van der Waals surface area contributed by atoms with Crippen molar-refractivity contribution in [2.45, 2.75) is 46.7 Å². The Labute approximate surface area is 162 Å². The normalized spacial score (nSPS) is 11.2. The maximum atomic E-state index is 12.6. The Balaban J connectivity index is 2.14. The first kappa shape index (κ1) is 21.1. The number of rotatable bonds is 4. The van der Waals surface area contributed by atoms with Gasteiger partial charge in [0.25, 0.3) is 5.91 Å². The van der Waals surface area contributed by atoms with Gasteiger partial charge in [-0.25, -0.2) is 14.6 Å². The van der Waals surface area contributed by atoms with Crippen molar-refractivity contribution in [2.75, 3.05) is 6.61 Å². The van der Waals surface area contributed by atoms with E-state index < -0.39 is 35.5 Å². The number of carbonyl (C=O) groups excluding carboxylic acids is 3. The molecule has 28 heavy (non-hydrogen) atoms. The number of urea groups is 1. The lowest BCUT2D eigenvalue weighted by Gasteiger charge is -2.20. The summed E-state index contributed by atoms with van der Waals surface area (Å²) in [4.78, 5) is 52.7. The van der Waals surface area contributed by atoms with E-state index >= 15 is 0 Å². The number of hydrogen-bond acceptors (Lipinski definition) is 6. The van der Waals surface area contributed by atoms with E-state index in [2.05, 4.69) is 15.6 Å². The molecule has 2 rings (SSSR count). The summed E-state index contributed by atoms with van der Waals surface area (Å²) in [6.45, 7) is 8.72. The van der Waals surface area contributed by atoms with Crippen molar-refractivity contribution in [3.8, 4) is 0 Å². The van der Waals surface area contributed by atoms with E-state index in [-0.39, 0.29) is 10.9 Å². The molecule has 0 spiro atoms. The molecule has 0 saturated heterocycles. The second kappa shape index (κ2) is 8.20. The number of fused-ring (bicyclic) bond motifs is 1. The molecule has 0 radical (unpaired) electrons. The number of aromatic nitrogens is 2. The van der Waals surface area contributed by atoms with Gasteiger partial charge in [0.05, 0.1) is 5.39 Å². The van der Waals surface area contributed by atoms with Crippen molar-refractivity contribution < 1.29 is 19.1 Å². The number of aryl methyl sites for hydroxylation is 2. The molecule has 9 nitrogen and oxygen atoms in total. The average molecular weight is 388 g/mol. The molecule has 0 bridgehead atoms. The van der Waals surface area contributed by atoms with Gasteiger partial charge >= 0.3 is 12.0 Å². The molecular weight excluding hydrogens is 364 g/mol. The zero-order chi connectivity index (χ0) is 21.1. The maximum absolute atomic E-state index is 12.6. The number of pyridine rings is 2. The van der Waals surface area contributed by atoms with Gasteiger partial charge in [0.1, 0.15) is 11.2 Å². The molecule has 0 fully saturated rings. The topological polar surface area (TPSA) is 119 Å². The van der Waals surface area contributed by atoms with Crippen molar-refractivity contribution in [3.05, 3.63) is 39.8 Å². The van der Waals surface area contributed by atoms with E-state index in [0.717, 1.165) is 5.69 Å². The van der Waals surface area contributed by atoms with Crippen LogP contribution in [0.15, 0.2) is 23.1 Å². The third-order valence-electron chi connectivity index (χ3n) is 3.70. The van der Waals surface area contributed by atoms with Crippen LogP contribution in [0.2, 0.25) is 0 Å². The largest absolute Gasteiger partial charge is 0.452 e. The summed E-state index contributed by atoms with van der Waals surface area (Å²) < 4.78 is 6.57. The number of carbonyl (C=O) groups is 3. The highest BCUT2D eigenvalue weighted by Crippen LogP contribution is 2.11. The fourth-order valence-corrected chi connectivity index (χ4v) is 2.49. The van der Waals surface area contributed by atoms with Crippen LogP contribution >= 0.6 is 0 Å². The molecule has 0 atom stereocenters. The summed E-state index contributed by atoms with van der Waals surface area (Å²) in [5.74, 6) is -1.75. The van der Waals surface area contributed by atoms with Crippen molar-refractivity contribution in [1.82, 2.24) is 20.2 Å². The van der Waals surface area contributed by atoms with Crippen LogP contribution in [0.5, 0.6) is 0 Å². The Kier molecular flexibility index (Phi) is 6.17. The maximum Gasteiger partial charge on any atom is 0.344 e. The lowest BCUT2D eigenvalue weighted by Crippen LogP contribution is -2.49. The summed E-state index contributed by atoms with van der Waals surface area (Å²) in [6, 6.07) is 2.58. The molecule has 0 aliphatic rings. The first-order valence-corrected chi connectivity index (χ1v) is 8.81. The van der Waals surface area contributed by atoms with Crippen LogP contribution < -0.4 is 16.1 Å². The van der Waals surface area contributed by atoms with Gasteiger partial charge in [-0.05, 0) is 46.8 Å². The average Bonchev–Trinajstić information content (AvgIpc) is 2.58. The molecule has 3 amide bonds. The monoisotopic (exact) mass is 388 g/mol. The molecule has 9 heteroatoms. The summed E-state index contributed by atoms with van der Waals surface area (Å²) >= 11 is 0. The Hall–Kier alpha value is -3.23. The van der Waals surface area contributed by atoms with Crippen molar-refractivity contribution in [1.29, 1.82) is 0 Å². The first-order chi connectivity index (χ1) is 13.0. The highest BCUT2D eigenvalue weighted by Gasteiger charge is 2.20. The molecule has 0 aliphatic heterocycles. The number of amides is 3. The summed E-state index contributed by atoms with van der Waals surface area (Å²) in [7, 11) is 0. The number of nitrogens with one attached hydrogen (secondary N) is 2. The molecule has 2 aromatic rings. The van der Waals surface area contributed by atoms with Crippen LogP contribution in [-0.2, 0) is 16.1 Å². The lowest BCUT2D eigenvalue weighted by atomic mass is 10.1. The first-order valence-electron chi connectivity index (χ1n) is 8.81. The number of ether oxygens (including phenoxy) is 1. The van der Waals surface area contributed by atoms with Crippen LogP contribution in [0.25, 0.3) is 11.0 Å². The summed E-state index contributed by atoms with van der Waals surface area (Å²) in [5.41, 5.74) is -0.0330. The van der Waals surface area contributed by atoms with E-state index in [1.165, 1.54) is 6.20 Å². The fraction of sp³-hybridized carbons (Fsp3) is 0.421. The smallest absolute Gasteiger partial charge is 0.344 e. The van der Waals surface area contributed by atoms with Crippen molar-refractivity contribution in [2.24, 2.45) is 0 Å². The predicted octanol–water partition coefficient (Wildman–Crippen LogP) is 1.51. The zero-order valence-electron chi connectivity index (χ0n) is 16.6. The van der Waals surface area contributed by atoms with Crippen LogP contribution in [0, 0.1) is 6.92 Å². The third kappa shape index (κ3) is 5.15. The van der Waals surface area contributed by atoms with Gasteiger partial charge in [-0.2, -0.15) is 0 Å². The molecule has 0 aliphatic carbocycles. The lowest BCUT2D eigenvalue weighted by molar-refractivity contribution is -0.123.